The number of rotatable bonds is 6. The fraction of sp³-hybridized carbons (Fsp3) is 0.562. The van der Waals surface area contributed by atoms with Crippen molar-refractivity contribution in [2.45, 2.75) is 26.2 Å². The lowest BCUT2D eigenvalue weighted by atomic mass is 10.0. The van der Waals surface area contributed by atoms with Gasteiger partial charge in [-0.2, -0.15) is 0 Å². The minimum absolute atomic E-state index is 0.123. The number of carbonyl (C=O) groups is 1. The summed E-state index contributed by atoms with van der Waals surface area (Å²) in [6.45, 7) is 4.02. The number of nitrogens with one attached hydrogen (secondary N) is 1. The Labute approximate surface area is 125 Å². The molecule has 0 fully saturated rings. The summed E-state index contributed by atoms with van der Waals surface area (Å²) >= 11 is 0. The van der Waals surface area contributed by atoms with Gasteiger partial charge in [0, 0.05) is 25.1 Å². The summed E-state index contributed by atoms with van der Waals surface area (Å²) < 4.78 is 11.1. The maximum absolute atomic E-state index is 12.2. The lowest BCUT2D eigenvalue weighted by molar-refractivity contribution is 0.0943. The van der Waals surface area contributed by atoms with Crippen molar-refractivity contribution >= 4 is 5.91 Å². The molecular weight excluding hydrogens is 270 g/mol. The second-order valence-corrected chi connectivity index (χ2v) is 5.21. The maximum Gasteiger partial charge on any atom is 0.251 e. The average Bonchev–Trinajstić information content (AvgIpc) is 2.75. The van der Waals surface area contributed by atoms with E-state index < -0.39 is 0 Å². The molecule has 1 amide bonds. The molecule has 1 aliphatic rings. The van der Waals surface area contributed by atoms with Crippen LogP contribution in [-0.2, 0) is 0 Å². The van der Waals surface area contributed by atoms with Gasteiger partial charge in [0.25, 0.3) is 5.91 Å². The van der Waals surface area contributed by atoms with E-state index in [0.717, 1.165) is 12.8 Å². The highest BCUT2D eigenvalue weighted by Crippen LogP contribution is 2.30. The molecule has 1 aliphatic heterocycles. The number of aliphatic hydroxyl groups excluding tert-OH is 1. The molecule has 0 radical (unpaired) electrons. The number of ether oxygens (including phenoxy) is 2. The van der Waals surface area contributed by atoms with Crippen LogP contribution in [0.25, 0.3) is 0 Å². The summed E-state index contributed by atoms with van der Waals surface area (Å²) in [6.07, 6.45) is 2.48. The molecule has 0 spiro atoms. The molecule has 1 atom stereocenters. The van der Waals surface area contributed by atoms with Crippen molar-refractivity contribution in [2.24, 2.45) is 5.92 Å². The first-order valence-electron chi connectivity index (χ1n) is 7.53. The summed E-state index contributed by atoms with van der Waals surface area (Å²) in [5.74, 6) is 1.50. The molecule has 0 aliphatic carbocycles. The van der Waals surface area contributed by atoms with Gasteiger partial charge >= 0.3 is 0 Å². The Hall–Kier alpha value is -1.75. The third kappa shape index (κ3) is 4.36. The highest BCUT2D eigenvalue weighted by Gasteiger charge is 2.15. The van der Waals surface area contributed by atoms with Gasteiger partial charge in [0.2, 0.25) is 0 Å². The second kappa shape index (κ2) is 7.88. The number of carbonyl (C=O) groups excluding carboxylic acids is 1. The highest BCUT2D eigenvalue weighted by atomic mass is 16.5. The van der Waals surface area contributed by atoms with Gasteiger partial charge in [-0.15, -0.1) is 0 Å². The predicted molar refractivity (Wildman–Crippen MR) is 79.9 cm³/mol. The van der Waals surface area contributed by atoms with Crippen molar-refractivity contribution in [1.29, 1.82) is 0 Å². The van der Waals surface area contributed by atoms with Gasteiger partial charge in [-0.1, -0.05) is 13.3 Å². The van der Waals surface area contributed by atoms with E-state index in [0.29, 0.717) is 49.2 Å². The van der Waals surface area contributed by atoms with Crippen molar-refractivity contribution in [3.8, 4) is 11.5 Å². The fourth-order valence-electron chi connectivity index (χ4n) is 2.28. The van der Waals surface area contributed by atoms with Gasteiger partial charge < -0.3 is 19.9 Å². The van der Waals surface area contributed by atoms with Crippen molar-refractivity contribution < 1.29 is 19.4 Å². The van der Waals surface area contributed by atoms with Gasteiger partial charge in [0.05, 0.1) is 13.2 Å². The molecule has 0 saturated heterocycles. The van der Waals surface area contributed by atoms with Gasteiger partial charge in [0.1, 0.15) is 0 Å². The molecule has 2 rings (SSSR count). The number of aliphatic hydroxyl groups is 1. The Balaban J connectivity index is 1.97. The van der Waals surface area contributed by atoms with Crippen molar-refractivity contribution in [2.75, 3.05) is 26.4 Å². The lowest BCUT2D eigenvalue weighted by Gasteiger charge is -2.15. The van der Waals surface area contributed by atoms with Gasteiger partial charge in [0.15, 0.2) is 11.5 Å². The topological polar surface area (TPSA) is 67.8 Å². The molecule has 116 valence electrons. The minimum Gasteiger partial charge on any atom is -0.490 e. The Morgan fingerprint density at radius 1 is 1.33 bits per heavy atom. The standard InChI is InChI=1S/C16H23NO4/c1-2-12(6-7-18)11-17-16(19)13-4-5-14-15(10-13)21-9-3-8-20-14/h4-5,10,12,18H,2-3,6-9,11H2,1H3,(H,17,19). The lowest BCUT2D eigenvalue weighted by Crippen LogP contribution is -2.29. The number of fused-ring (bicyclic) bond motifs is 1. The Morgan fingerprint density at radius 3 is 2.81 bits per heavy atom. The first-order valence-corrected chi connectivity index (χ1v) is 7.53. The van der Waals surface area contributed by atoms with E-state index >= 15 is 0 Å². The summed E-state index contributed by atoms with van der Waals surface area (Å²) in [5, 5.41) is 11.9. The Kier molecular flexibility index (Phi) is 5.87. The maximum atomic E-state index is 12.2. The van der Waals surface area contributed by atoms with Crippen LogP contribution in [0, 0.1) is 5.92 Å². The van der Waals surface area contributed by atoms with Crippen LogP contribution in [0.3, 0.4) is 0 Å². The molecule has 5 heteroatoms. The number of benzene rings is 1. The van der Waals surface area contributed by atoms with E-state index in [1.165, 1.54) is 0 Å². The quantitative estimate of drug-likeness (QED) is 0.841. The highest BCUT2D eigenvalue weighted by molar-refractivity contribution is 5.94. The van der Waals surface area contributed by atoms with Crippen LogP contribution in [0.5, 0.6) is 11.5 Å². The zero-order valence-corrected chi connectivity index (χ0v) is 12.4. The summed E-state index contributed by atoms with van der Waals surface area (Å²) in [5.41, 5.74) is 0.568. The van der Waals surface area contributed by atoms with Crippen molar-refractivity contribution in [3.63, 3.8) is 0 Å². The van der Waals surface area contributed by atoms with Crippen LogP contribution in [0.15, 0.2) is 18.2 Å². The second-order valence-electron chi connectivity index (χ2n) is 5.21. The van der Waals surface area contributed by atoms with Gasteiger partial charge in [-0.05, 0) is 30.5 Å². The van der Waals surface area contributed by atoms with E-state index in [9.17, 15) is 4.79 Å². The molecule has 0 aromatic heterocycles. The first-order chi connectivity index (χ1) is 10.2. The van der Waals surface area contributed by atoms with Crippen LogP contribution in [0.4, 0.5) is 0 Å². The van der Waals surface area contributed by atoms with E-state index in [4.69, 9.17) is 14.6 Å². The van der Waals surface area contributed by atoms with Crippen LogP contribution in [-0.4, -0.2) is 37.4 Å². The summed E-state index contributed by atoms with van der Waals surface area (Å²) in [4.78, 5) is 12.2. The predicted octanol–water partition coefficient (Wildman–Crippen LogP) is 1.99. The average molecular weight is 293 g/mol. The molecule has 5 nitrogen and oxygen atoms in total. The Bertz CT molecular complexity index is 475. The number of amides is 1. The van der Waals surface area contributed by atoms with Crippen molar-refractivity contribution in [1.82, 2.24) is 5.32 Å². The van der Waals surface area contributed by atoms with E-state index in [1.807, 2.05) is 0 Å². The van der Waals surface area contributed by atoms with E-state index in [1.54, 1.807) is 18.2 Å². The zero-order valence-electron chi connectivity index (χ0n) is 12.4. The van der Waals surface area contributed by atoms with Crippen LogP contribution < -0.4 is 14.8 Å². The van der Waals surface area contributed by atoms with Gasteiger partial charge in [-0.25, -0.2) is 0 Å². The third-order valence-corrected chi connectivity index (χ3v) is 3.68. The smallest absolute Gasteiger partial charge is 0.251 e. The van der Waals surface area contributed by atoms with Crippen LogP contribution in [0.1, 0.15) is 36.5 Å². The largest absolute Gasteiger partial charge is 0.490 e. The molecular formula is C16H23NO4. The molecule has 2 N–H and O–H groups in total. The van der Waals surface area contributed by atoms with E-state index in [-0.39, 0.29) is 12.5 Å². The fourth-order valence-corrected chi connectivity index (χ4v) is 2.28. The SMILES string of the molecule is CCC(CCO)CNC(=O)c1ccc2c(c1)OCCCO2. The van der Waals surface area contributed by atoms with Crippen LogP contribution >= 0.6 is 0 Å². The first kappa shape index (κ1) is 15.6. The van der Waals surface area contributed by atoms with E-state index in [2.05, 4.69) is 12.2 Å². The third-order valence-electron chi connectivity index (χ3n) is 3.68. The van der Waals surface area contributed by atoms with Gasteiger partial charge in [-0.3, -0.25) is 4.79 Å². The number of hydrogen-bond donors (Lipinski definition) is 2. The molecule has 1 unspecified atom stereocenters. The molecule has 21 heavy (non-hydrogen) atoms. The van der Waals surface area contributed by atoms with Crippen LogP contribution in [0.2, 0.25) is 0 Å². The zero-order chi connectivity index (χ0) is 15.1. The summed E-state index contributed by atoms with van der Waals surface area (Å²) in [6, 6.07) is 5.25. The molecule has 1 aromatic carbocycles. The molecule has 0 bridgehead atoms. The van der Waals surface area contributed by atoms with Crippen molar-refractivity contribution in [3.05, 3.63) is 23.8 Å². The molecule has 0 saturated carbocycles. The molecule has 1 heterocycles. The minimum atomic E-state index is -0.123. The normalized spacial score (nSPS) is 15.1. The molecule has 1 aromatic rings. The Morgan fingerprint density at radius 2 is 2.10 bits per heavy atom. The summed E-state index contributed by atoms with van der Waals surface area (Å²) in [7, 11) is 0. The number of hydrogen-bond acceptors (Lipinski definition) is 4. The monoisotopic (exact) mass is 293 g/mol.